The number of anilines is 3. The number of hydrogen-bond acceptors (Lipinski definition) is 6. The molecule has 0 saturated heterocycles. The summed E-state index contributed by atoms with van der Waals surface area (Å²) >= 11 is 0. The zero-order chi connectivity index (χ0) is 32.0. The predicted molar refractivity (Wildman–Crippen MR) is 161 cm³/mol. The van der Waals surface area contributed by atoms with Gasteiger partial charge in [0, 0.05) is 49.4 Å². The van der Waals surface area contributed by atoms with Gasteiger partial charge >= 0.3 is 18.2 Å². The van der Waals surface area contributed by atoms with Crippen LogP contribution in [0.4, 0.5) is 35.2 Å². The Kier molecular flexibility index (Phi) is 8.80. The molecule has 0 bridgehead atoms. The molecule has 0 fully saturated rings. The van der Waals surface area contributed by atoms with E-state index in [2.05, 4.69) is 37.7 Å². The van der Waals surface area contributed by atoms with Crippen molar-refractivity contribution in [3.63, 3.8) is 0 Å². The number of fused-ring (bicyclic) bond motifs is 1. The van der Waals surface area contributed by atoms with Crippen LogP contribution in [0.3, 0.4) is 0 Å². The molecule has 14 heteroatoms. The van der Waals surface area contributed by atoms with Crippen molar-refractivity contribution in [1.82, 2.24) is 24.2 Å². The topological polar surface area (TPSA) is 129 Å². The van der Waals surface area contributed by atoms with E-state index in [4.69, 9.17) is 9.90 Å². The van der Waals surface area contributed by atoms with E-state index in [1.807, 2.05) is 96.6 Å². The van der Waals surface area contributed by atoms with Gasteiger partial charge < -0.3 is 15.7 Å². The maximum absolute atomic E-state index is 13.0. The van der Waals surface area contributed by atoms with Crippen LogP contribution in [0.5, 0.6) is 0 Å². The number of benzene rings is 2. The SMILES string of the molecule is Cn1ccc(Nc2cccn3c(C#Cc4cccc(NC(=O)N5N=CCC5c5ccccc5)c4)cnc23)n1.O=C(O)C(F)(F)F. The Hall–Kier alpha value is -6.10. The van der Waals surface area contributed by atoms with E-state index < -0.39 is 12.1 Å². The van der Waals surface area contributed by atoms with Crippen LogP contribution in [0.15, 0.2) is 96.5 Å². The van der Waals surface area contributed by atoms with Crippen molar-refractivity contribution < 1.29 is 27.9 Å². The molecule has 0 spiro atoms. The first-order chi connectivity index (χ1) is 21.6. The number of carbonyl (C=O) groups excluding carboxylic acids is 1. The number of aliphatic carboxylic acids is 1. The number of urea groups is 1. The van der Waals surface area contributed by atoms with Gasteiger partial charge in [-0.1, -0.05) is 42.3 Å². The molecule has 2 amide bonds. The number of carboxylic acid groups (broad SMARTS) is 1. The number of aromatic nitrogens is 4. The molecule has 45 heavy (non-hydrogen) atoms. The van der Waals surface area contributed by atoms with Crippen LogP contribution in [-0.4, -0.2) is 53.7 Å². The van der Waals surface area contributed by atoms with Gasteiger partial charge in [-0.25, -0.2) is 19.6 Å². The predicted octanol–water partition coefficient (Wildman–Crippen LogP) is 5.81. The molecule has 0 aliphatic carbocycles. The average Bonchev–Trinajstić information content (AvgIpc) is 3.77. The molecule has 5 aromatic rings. The number of nitrogens with one attached hydrogen (secondary N) is 2. The van der Waals surface area contributed by atoms with Crippen LogP contribution >= 0.6 is 0 Å². The second-order valence-corrected chi connectivity index (χ2v) is 9.63. The molecule has 1 atom stereocenters. The van der Waals surface area contributed by atoms with Gasteiger partial charge in [-0.15, -0.1) is 0 Å². The number of carbonyl (C=O) groups is 2. The Bertz CT molecular complexity index is 1920. The smallest absolute Gasteiger partial charge is 0.475 e. The Morgan fingerprint density at radius 3 is 2.49 bits per heavy atom. The molecule has 3 N–H and O–H groups in total. The first-order valence-corrected chi connectivity index (χ1v) is 13.4. The number of amides is 2. The monoisotopic (exact) mass is 614 g/mol. The summed E-state index contributed by atoms with van der Waals surface area (Å²) < 4.78 is 35.4. The number of rotatable bonds is 4. The summed E-state index contributed by atoms with van der Waals surface area (Å²) in [6.07, 6.45) is 2.91. The lowest BCUT2D eigenvalue weighted by atomic mass is 10.1. The van der Waals surface area contributed by atoms with Gasteiger partial charge in [0.1, 0.15) is 5.69 Å². The van der Waals surface area contributed by atoms with Crippen molar-refractivity contribution in [1.29, 1.82) is 0 Å². The number of nitrogens with zero attached hydrogens (tertiary/aromatic N) is 6. The molecule has 1 unspecified atom stereocenters. The number of halogens is 3. The van der Waals surface area contributed by atoms with Crippen LogP contribution in [0.2, 0.25) is 0 Å². The molecule has 4 heterocycles. The largest absolute Gasteiger partial charge is 0.490 e. The highest BCUT2D eigenvalue weighted by Gasteiger charge is 2.38. The highest BCUT2D eigenvalue weighted by Crippen LogP contribution is 2.28. The average molecular weight is 615 g/mol. The summed E-state index contributed by atoms with van der Waals surface area (Å²) in [5.74, 6) is 4.37. The third-order valence-corrected chi connectivity index (χ3v) is 6.43. The van der Waals surface area contributed by atoms with Gasteiger partial charge in [-0.3, -0.25) is 9.08 Å². The molecule has 0 saturated carbocycles. The first kappa shape index (κ1) is 30.4. The van der Waals surface area contributed by atoms with E-state index in [-0.39, 0.29) is 12.1 Å². The lowest BCUT2D eigenvalue weighted by Gasteiger charge is -2.22. The van der Waals surface area contributed by atoms with Crippen molar-refractivity contribution in [3.8, 4) is 11.8 Å². The third kappa shape index (κ3) is 7.46. The number of aryl methyl sites for hydroxylation is 1. The molecule has 2 aromatic carbocycles. The van der Waals surface area contributed by atoms with Crippen LogP contribution in [0.25, 0.3) is 5.65 Å². The zero-order valence-electron chi connectivity index (χ0n) is 23.6. The maximum Gasteiger partial charge on any atom is 0.490 e. The molecule has 1 aliphatic heterocycles. The molecule has 228 valence electrons. The van der Waals surface area contributed by atoms with E-state index >= 15 is 0 Å². The fourth-order valence-corrected chi connectivity index (χ4v) is 4.37. The fourth-order valence-electron chi connectivity index (χ4n) is 4.37. The minimum absolute atomic E-state index is 0.119. The number of imidazole rings is 1. The van der Waals surface area contributed by atoms with Crippen molar-refractivity contribution in [2.24, 2.45) is 12.1 Å². The summed E-state index contributed by atoms with van der Waals surface area (Å²) in [5.41, 5.74) is 4.80. The van der Waals surface area contributed by atoms with E-state index in [1.54, 1.807) is 17.1 Å². The minimum atomic E-state index is -5.08. The highest BCUT2D eigenvalue weighted by atomic mass is 19.4. The summed E-state index contributed by atoms with van der Waals surface area (Å²) in [4.78, 5) is 26.5. The summed E-state index contributed by atoms with van der Waals surface area (Å²) in [6.45, 7) is 0. The number of carboxylic acids is 1. The molecule has 3 aromatic heterocycles. The number of hydrazone groups is 1. The standard InChI is InChI=1S/C29H24N8O.C2HF3O2/c1-35-18-15-27(34-35)33-25-11-6-17-36-24(20-30-28(25)36)13-12-21-7-5-10-23(19-21)32-29(38)37-26(14-16-31-37)22-8-3-2-4-9-22;3-2(4,5)1(6)7/h2-11,15-20,26H,14H2,1H3,(H,32,38)(H,33,34);(H,6,7). The quantitative estimate of drug-likeness (QED) is 0.219. The van der Waals surface area contributed by atoms with E-state index in [9.17, 15) is 18.0 Å². The highest BCUT2D eigenvalue weighted by molar-refractivity contribution is 5.91. The van der Waals surface area contributed by atoms with E-state index in [0.29, 0.717) is 12.1 Å². The fraction of sp³-hybridized carbons (Fsp3) is 0.129. The van der Waals surface area contributed by atoms with Crippen molar-refractivity contribution in [2.45, 2.75) is 18.6 Å². The Morgan fingerprint density at radius 1 is 1.00 bits per heavy atom. The number of pyridine rings is 1. The molecular weight excluding hydrogens is 589 g/mol. The van der Waals surface area contributed by atoms with Gasteiger partial charge in [0.15, 0.2) is 11.5 Å². The normalized spacial score (nSPS) is 13.9. The van der Waals surface area contributed by atoms with Crippen molar-refractivity contribution >= 4 is 41.1 Å². The molecule has 1 aliphatic rings. The summed E-state index contributed by atoms with van der Waals surface area (Å²) in [5, 5.41) is 23.5. The van der Waals surface area contributed by atoms with E-state index in [1.165, 1.54) is 5.01 Å². The van der Waals surface area contributed by atoms with Crippen LogP contribution in [-0.2, 0) is 11.8 Å². The van der Waals surface area contributed by atoms with Gasteiger partial charge in [-0.05, 0) is 41.8 Å². The van der Waals surface area contributed by atoms with Gasteiger partial charge in [-0.2, -0.15) is 23.4 Å². The van der Waals surface area contributed by atoms with Gasteiger partial charge in [0.2, 0.25) is 0 Å². The van der Waals surface area contributed by atoms with Gasteiger partial charge in [0.25, 0.3) is 0 Å². The molecular formula is C31H25F3N8O3. The lowest BCUT2D eigenvalue weighted by molar-refractivity contribution is -0.192. The van der Waals surface area contributed by atoms with Crippen LogP contribution in [0, 0.1) is 11.8 Å². The first-order valence-electron chi connectivity index (χ1n) is 13.4. The van der Waals surface area contributed by atoms with Crippen LogP contribution in [0.1, 0.15) is 29.3 Å². The lowest BCUT2D eigenvalue weighted by Crippen LogP contribution is -2.31. The second kappa shape index (κ2) is 13.0. The van der Waals surface area contributed by atoms with Crippen LogP contribution < -0.4 is 10.6 Å². The van der Waals surface area contributed by atoms with Crippen molar-refractivity contribution in [2.75, 3.05) is 10.6 Å². The van der Waals surface area contributed by atoms with Gasteiger partial charge in [0.05, 0.1) is 17.9 Å². The third-order valence-electron chi connectivity index (χ3n) is 6.43. The Labute approximate surface area is 254 Å². The molecule has 0 radical (unpaired) electrons. The number of alkyl halides is 3. The molecule has 6 rings (SSSR count). The second-order valence-electron chi connectivity index (χ2n) is 9.63. The van der Waals surface area contributed by atoms with Crippen molar-refractivity contribution in [3.05, 3.63) is 108 Å². The summed E-state index contributed by atoms with van der Waals surface area (Å²) in [7, 11) is 1.87. The Balaban J connectivity index is 0.000000515. The Morgan fingerprint density at radius 2 is 1.78 bits per heavy atom. The number of hydrogen-bond donors (Lipinski definition) is 3. The maximum atomic E-state index is 13.0. The zero-order valence-corrected chi connectivity index (χ0v) is 23.6. The molecule has 11 nitrogen and oxygen atoms in total. The van der Waals surface area contributed by atoms with E-state index in [0.717, 1.165) is 34.0 Å². The summed E-state index contributed by atoms with van der Waals surface area (Å²) in [6, 6.07) is 22.7. The minimum Gasteiger partial charge on any atom is -0.475 e.